The van der Waals surface area contributed by atoms with E-state index in [0.29, 0.717) is 0 Å². The SMILES string of the molecule is OC(C1=[C]N(Cc2cccs2)CS1)(C(F)(F)F)C(F)(F)F. The van der Waals surface area contributed by atoms with Crippen LogP contribution in [0.25, 0.3) is 0 Å². The van der Waals surface area contributed by atoms with Crippen LogP contribution in [0.4, 0.5) is 26.3 Å². The van der Waals surface area contributed by atoms with Crippen molar-refractivity contribution < 1.29 is 31.4 Å². The molecule has 1 aliphatic heterocycles. The van der Waals surface area contributed by atoms with Crippen LogP contribution in [0, 0.1) is 6.20 Å². The van der Waals surface area contributed by atoms with Crippen molar-refractivity contribution in [3.63, 3.8) is 0 Å². The van der Waals surface area contributed by atoms with E-state index in [9.17, 15) is 31.4 Å². The van der Waals surface area contributed by atoms with Crippen molar-refractivity contribution in [1.82, 2.24) is 4.90 Å². The van der Waals surface area contributed by atoms with Crippen molar-refractivity contribution in [3.8, 4) is 0 Å². The molecule has 0 aliphatic carbocycles. The minimum Gasteiger partial charge on any atom is -0.369 e. The van der Waals surface area contributed by atoms with Crippen LogP contribution < -0.4 is 0 Å². The maximum atomic E-state index is 12.7. The standard InChI is InChI=1S/C11H8F6NOS2/c12-10(13,14)9(19,11(15,16)17)8-5-18(6-21-8)4-7-2-1-3-20-7/h1-3,19H,4,6H2. The normalized spacial score (nSPS) is 17.3. The summed E-state index contributed by atoms with van der Waals surface area (Å²) in [4.78, 5) is 0.667. The number of hydrogen-bond acceptors (Lipinski definition) is 4. The minimum atomic E-state index is -5.86. The van der Waals surface area contributed by atoms with Crippen molar-refractivity contribution in [2.24, 2.45) is 0 Å². The zero-order chi connectivity index (χ0) is 15.9. The Labute approximate surface area is 124 Å². The van der Waals surface area contributed by atoms with Crippen LogP contribution >= 0.6 is 23.1 Å². The second-order valence-electron chi connectivity index (χ2n) is 4.20. The molecule has 0 saturated heterocycles. The van der Waals surface area contributed by atoms with Gasteiger partial charge in [-0.15, -0.1) is 23.1 Å². The second kappa shape index (κ2) is 5.40. The van der Waals surface area contributed by atoms with E-state index in [0.717, 1.165) is 4.88 Å². The van der Waals surface area contributed by atoms with E-state index in [4.69, 9.17) is 0 Å². The van der Waals surface area contributed by atoms with Crippen LogP contribution in [0.1, 0.15) is 4.88 Å². The van der Waals surface area contributed by atoms with Crippen LogP contribution in [0.3, 0.4) is 0 Å². The van der Waals surface area contributed by atoms with E-state index in [-0.39, 0.29) is 24.2 Å². The first kappa shape index (κ1) is 16.5. The molecule has 0 bridgehead atoms. The molecule has 1 aromatic heterocycles. The summed E-state index contributed by atoms with van der Waals surface area (Å²) in [6.45, 7) is 0.139. The van der Waals surface area contributed by atoms with Gasteiger partial charge in [0, 0.05) is 4.88 Å². The Bertz CT molecular complexity index is 508. The summed E-state index contributed by atoms with van der Waals surface area (Å²) in [6.07, 6.45) is -9.71. The molecular formula is C11H8F6NOS2. The summed E-state index contributed by atoms with van der Waals surface area (Å²) in [5, 5.41) is 11.0. The van der Waals surface area contributed by atoms with Crippen LogP contribution in [0.5, 0.6) is 0 Å². The van der Waals surface area contributed by atoms with Crippen LogP contribution in [-0.4, -0.2) is 33.8 Å². The molecule has 21 heavy (non-hydrogen) atoms. The highest BCUT2D eigenvalue weighted by Gasteiger charge is 2.73. The van der Waals surface area contributed by atoms with Gasteiger partial charge in [-0.05, 0) is 11.4 Å². The fourth-order valence-electron chi connectivity index (χ4n) is 1.63. The van der Waals surface area contributed by atoms with Gasteiger partial charge in [-0.25, -0.2) is 0 Å². The smallest absolute Gasteiger partial charge is 0.369 e. The van der Waals surface area contributed by atoms with E-state index < -0.39 is 22.9 Å². The van der Waals surface area contributed by atoms with Crippen molar-refractivity contribution in [2.75, 3.05) is 5.88 Å². The Morgan fingerprint density at radius 2 is 1.81 bits per heavy atom. The third kappa shape index (κ3) is 3.02. The monoisotopic (exact) mass is 348 g/mol. The van der Waals surface area contributed by atoms with Gasteiger partial charge >= 0.3 is 12.4 Å². The van der Waals surface area contributed by atoms with Crippen molar-refractivity contribution in [3.05, 3.63) is 33.5 Å². The van der Waals surface area contributed by atoms with Gasteiger partial charge in [0.1, 0.15) is 0 Å². The second-order valence-corrected chi connectivity index (χ2v) is 6.18. The molecule has 0 spiro atoms. The van der Waals surface area contributed by atoms with Gasteiger partial charge in [-0.1, -0.05) is 6.07 Å². The largest absolute Gasteiger partial charge is 0.431 e. The number of hydrogen-bond donors (Lipinski definition) is 1. The Kier molecular flexibility index (Phi) is 4.24. The summed E-state index contributed by atoms with van der Waals surface area (Å²) in [5.74, 6) is -0.137. The molecule has 0 aromatic carbocycles. The highest BCUT2D eigenvalue weighted by atomic mass is 32.2. The third-order valence-electron chi connectivity index (χ3n) is 2.70. The van der Waals surface area contributed by atoms with Crippen LogP contribution in [0.2, 0.25) is 0 Å². The van der Waals surface area contributed by atoms with Crippen molar-refractivity contribution in [1.29, 1.82) is 0 Å². The molecule has 2 rings (SSSR count). The summed E-state index contributed by atoms with van der Waals surface area (Å²) in [5.41, 5.74) is -4.88. The zero-order valence-electron chi connectivity index (χ0n) is 10.1. The predicted molar refractivity (Wildman–Crippen MR) is 66.1 cm³/mol. The molecule has 1 radical (unpaired) electrons. The molecule has 2 nitrogen and oxygen atoms in total. The van der Waals surface area contributed by atoms with Gasteiger partial charge in [-0.2, -0.15) is 26.3 Å². The molecule has 10 heteroatoms. The Balaban J connectivity index is 2.27. The van der Waals surface area contributed by atoms with Crippen molar-refractivity contribution >= 4 is 23.1 Å². The maximum absolute atomic E-state index is 12.7. The number of rotatable bonds is 3. The summed E-state index contributed by atoms with van der Waals surface area (Å²) in [6, 6.07) is 3.42. The number of thiophene rings is 1. The minimum absolute atomic E-state index is 0.137. The predicted octanol–water partition coefficient (Wildman–Crippen LogP) is 3.75. The molecular weight excluding hydrogens is 340 g/mol. The number of thioether (sulfide) groups is 1. The molecule has 0 saturated carbocycles. The molecule has 1 N–H and O–H groups in total. The quantitative estimate of drug-likeness (QED) is 0.842. The lowest BCUT2D eigenvalue weighted by Gasteiger charge is -2.32. The molecule has 2 heterocycles. The fourth-order valence-corrected chi connectivity index (χ4v) is 3.42. The first-order valence-corrected chi connectivity index (χ1v) is 7.32. The molecule has 0 atom stereocenters. The van der Waals surface area contributed by atoms with E-state index in [1.54, 1.807) is 17.5 Å². The zero-order valence-corrected chi connectivity index (χ0v) is 11.8. The van der Waals surface area contributed by atoms with E-state index in [1.807, 2.05) is 6.20 Å². The highest BCUT2D eigenvalue weighted by molar-refractivity contribution is 8.03. The highest BCUT2D eigenvalue weighted by Crippen LogP contribution is 2.52. The molecule has 1 aliphatic rings. The molecule has 0 fully saturated rings. The summed E-state index contributed by atoms with van der Waals surface area (Å²) in [7, 11) is 0. The molecule has 1 aromatic rings. The summed E-state index contributed by atoms with van der Waals surface area (Å²) < 4.78 is 76.2. The van der Waals surface area contributed by atoms with Crippen LogP contribution in [0.15, 0.2) is 22.4 Å². The average molecular weight is 348 g/mol. The average Bonchev–Trinajstić information content (AvgIpc) is 2.97. The van der Waals surface area contributed by atoms with Crippen LogP contribution in [-0.2, 0) is 6.54 Å². The fraction of sp³-hybridized carbons (Fsp3) is 0.455. The lowest BCUT2D eigenvalue weighted by atomic mass is 10.0. The van der Waals surface area contributed by atoms with Gasteiger partial charge in [0.05, 0.1) is 23.5 Å². The van der Waals surface area contributed by atoms with Gasteiger partial charge in [-0.3, -0.25) is 0 Å². The van der Waals surface area contributed by atoms with E-state index in [2.05, 4.69) is 0 Å². The van der Waals surface area contributed by atoms with Crippen molar-refractivity contribution in [2.45, 2.75) is 24.5 Å². The lowest BCUT2D eigenvalue weighted by molar-refractivity contribution is -0.349. The molecule has 0 unspecified atom stereocenters. The maximum Gasteiger partial charge on any atom is 0.431 e. The third-order valence-corrected chi connectivity index (χ3v) is 4.68. The topological polar surface area (TPSA) is 23.5 Å². The first-order valence-electron chi connectivity index (χ1n) is 5.46. The lowest BCUT2D eigenvalue weighted by Crippen LogP contribution is -2.57. The van der Waals surface area contributed by atoms with Gasteiger partial charge in [0.15, 0.2) is 0 Å². The Morgan fingerprint density at radius 1 is 1.19 bits per heavy atom. The summed E-state index contributed by atoms with van der Waals surface area (Å²) >= 11 is 1.60. The van der Waals surface area contributed by atoms with Gasteiger partial charge < -0.3 is 10.0 Å². The first-order chi connectivity index (χ1) is 9.55. The van der Waals surface area contributed by atoms with Gasteiger partial charge in [0.2, 0.25) is 0 Å². The Morgan fingerprint density at radius 3 is 2.29 bits per heavy atom. The van der Waals surface area contributed by atoms with Gasteiger partial charge in [0.25, 0.3) is 5.60 Å². The number of alkyl halides is 6. The molecule has 0 amide bonds. The molecule has 117 valence electrons. The van der Waals surface area contributed by atoms with E-state index in [1.165, 1.54) is 16.2 Å². The number of nitrogens with zero attached hydrogens (tertiary/aromatic N) is 1. The van der Waals surface area contributed by atoms with E-state index >= 15 is 0 Å². The number of aliphatic hydroxyl groups is 1. The number of halogens is 6. The Hall–Kier alpha value is -0.870.